The third-order valence-corrected chi connectivity index (χ3v) is 7.55. The van der Waals surface area contributed by atoms with Gasteiger partial charge in [0.1, 0.15) is 5.75 Å². The number of carbonyl (C=O) groups is 1. The maximum Gasteiger partial charge on any atom is 0.252 e. The summed E-state index contributed by atoms with van der Waals surface area (Å²) in [6.45, 7) is 1.04. The maximum absolute atomic E-state index is 13.2. The van der Waals surface area contributed by atoms with Gasteiger partial charge in [-0.2, -0.15) is 4.31 Å². The molecule has 1 fully saturated rings. The molecule has 6 nitrogen and oxygen atoms in total. The van der Waals surface area contributed by atoms with Crippen molar-refractivity contribution in [2.24, 2.45) is 0 Å². The normalized spacial score (nSPS) is 15.3. The van der Waals surface area contributed by atoms with Crippen LogP contribution in [-0.2, 0) is 10.0 Å². The summed E-state index contributed by atoms with van der Waals surface area (Å²) in [5.74, 6) is 0.389. The van der Waals surface area contributed by atoms with E-state index in [-0.39, 0.29) is 10.8 Å². The first-order valence-electron chi connectivity index (χ1n) is 10.6. The molecule has 1 heterocycles. The van der Waals surface area contributed by atoms with E-state index in [0.29, 0.717) is 18.7 Å². The number of rotatable bonds is 7. The van der Waals surface area contributed by atoms with Crippen LogP contribution in [0.4, 0.5) is 0 Å². The van der Waals surface area contributed by atoms with Crippen LogP contribution in [0.25, 0.3) is 0 Å². The van der Waals surface area contributed by atoms with E-state index in [1.165, 1.54) is 10.4 Å². The molecule has 0 spiro atoms. The average Bonchev–Trinajstić information content (AvgIpc) is 3.39. The molecule has 1 atom stereocenters. The first-order valence-corrected chi connectivity index (χ1v) is 12.0. The lowest BCUT2D eigenvalue weighted by Crippen LogP contribution is -2.30. The zero-order chi connectivity index (χ0) is 22.6. The zero-order valence-corrected chi connectivity index (χ0v) is 18.7. The van der Waals surface area contributed by atoms with Crippen molar-refractivity contribution >= 4 is 15.9 Å². The molecule has 4 rings (SSSR count). The molecule has 0 bridgehead atoms. The molecule has 7 heteroatoms. The van der Waals surface area contributed by atoms with Gasteiger partial charge >= 0.3 is 0 Å². The zero-order valence-electron chi connectivity index (χ0n) is 17.9. The number of methoxy groups -OCH3 is 1. The molecule has 1 N–H and O–H groups in total. The largest absolute Gasteiger partial charge is 0.497 e. The summed E-state index contributed by atoms with van der Waals surface area (Å²) >= 11 is 0. The predicted molar refractivity (Wildman–Crippen MR) is 123 cm³/mol. The molecule has 1 aliphatic rings. The highest BCUT2D eigenvalue weighted by molar-refractivity contribution is 7.89. The standard InChI is InChI=1S/C25H26N2O4S/c1-31-22-14-12-20(13-15-22)24(19-8-3-2-4-9-19)26-25(28)21-10-7-11-23(18-21)32(29,30)27-16-5-6-17-27/h2-4,7-15,18,24H,5-6,16-17H2,1H3,(H,26,28)/t24-/m0/s1. The Morgan fingerprint density at radius 2 is 1.56 bits per heavy atom. The van der Waals surface area contributed by atoms with E-state index in [1.807, 2.05) is 54.6 Å². The van der Waals surface area contributed by atoms with Crippen LogP contribution >= 0.6 is 0 Å². The van der Waals surface area contributed by atoms with Crippen LogP contribution in [0.1, 0.15) is 40.4 Å². The average molecular weight is 451 g/mol. The summed E-state index contributed by atoms with van der Waals surface area (Å²) in [5, 5.41) is 3.06. The summed E-state index contributed by atoms with van der Waals surface area (Å²) in [4.78, 5) is 13.3. The van der Waals surface area contributed by atoms with Crippen molar-refractivity contribution in [3.8, 4) is 5.75 Å². The fourth-order valence-electron chi connectivity index (χ4n) is 3.89. The minimum Gasteiger partial charge on any atom is -0.497 e. The van der Waals surface area contributed by atoms with Crippen molar-refractivity contribution in [1.29, 1.82) is 0 Å². The van der Waals surface area contributed by atoms with Crippen molar-refractivity contribution in [2.75, 3.05) is 20.2 Å². The van der Waals surface area contributed by atoms with Crippen LogP contribution in [0.3, 0.4) is 0 Å². The van der Waals surface area contributed by atoms with Gasteiger partial charge in [0, 0.05) is 18.7 Å². The van der Waals surface area contributed by atoms with Gasteiger partial charge in [-0.3, -0.25) is 4.79 Å². The Balaban J connectivity index is 1.62. The molecule has 166 valence electrons. The molecule has 0 aromatic heterocycles. The third kappa shape index (κ3) is 4.69. The van der Waals surface area contributed by atoms with E-state index in [9.17, 15) is 13.2 Å². The number of hydrogen-bond acceptors (Lipinski definition) is 4. The minimum atomic E-state index is -3.60. The molecular weight excluding hydrogens is 424 g/mol. The maximum atomic E-state index is 13.2. The van der Waals surface area contributed by atoms with Crippen LogP contribution in [0.5, 0.6) is 5.75 Å². The second-order valence-corrected chi connectivity index (χ2v) is 9.67. The van der Waals surface area contributed by atoms with Gasteiger partial charge in [-0.1, -0.05) is 48.5 Å². The van der Waals surface area contributed by atoms with E-state index in [1.54, 1.807) is 25.3 Å². The molecule has 32 heavy (non-hydrogen) atoms. The van der Waals surface area contributed by atoms with Crippen LogP contribution in [0.15, 0.2) is 83.8 Å². The number of hydrogen-bond donors (Lipinski definition) is 1. The molecule has 1 amide bonds. The number of carbonyl (C=O) groups excluding carboxylic acids is 1. The van der Waals surface area contributed by atoms with Gasteiger partial charge in [0.05, 0.1) is 18.0 Å². The van der Waals surface area contributed by atoms with Gasteiger partial charge < -0.3 is 10.1 Å². The first kappa shape index (κ1) is 22.0. The smallest absolute Gasteiger partial charge is 0.252 e. The molecule has 3 aromatic rings. The molecule has 0 radical (unpaired) electrons. The van der Waals surface area contributed by atoms with Crippen molar-refractivity contribution in [1.82, 2.24) is 9.62 Å². The van der Waals surface area contributed by atoms with E-state index in [2.05, 4.69) is 5.32 Å². The van der Waals surface area contributed by atoms with Crippen LogP contribution < -0.4 is 10.1 Å². The Kier molecular flexibility index (Phi) is 6.58. The second-order valence-electron chi connectivity index (χ2n) is 7.73. The van der Waals surface area contributed by atoms with E-state index in [4.69, 9.17) is 4.74 Å². The fourth-order valence-corrected chi connectivity index (χ4v) is 5.45. The highest BCUT2D eigenvalue weighted by Crippen LogP contribution is 2.26. The molecular formula is C25H26N2O4S. The van der Waals surface area contributed by atoms with Crippen LogP contribution in [0.2, 0.25) is 0 Å². The van der Waals surface area contributed by atoms with Crippen molar-refractivity contribution < 1.29 is 17.9 Å². The minimum absolute atomic E-state index is 0.146. The van der Waals surface area contributed by atoms with Crippen LogP contribution in [0, 0.1) is 0 Å². The Bertz CT molecular complexity index is 1170. The summed E-state index contributed by atoms with van der Waals surface area (Å²) in [6, 6.07) is 23.0. The highest BCUT2D eigenvalue weighted by Gasteiger charge is 2.28. The molecule has 0 saturated carbocycles. The Morgan fingerprint density at radius 1 is 0.906 bits per heavy atom. The first-order chi connectivity index (χ1) is 15.5. The molecule has 1 saturated heterocycles. The van der Waals surface area contributed by atoms with E-state index in [0.717, 1.165) is 29.7 Å². The van der Waals surface area contributed by atoms with Gasteiger partial charge in [0.15, 0.2) is 0 Å². The van der Waals surface area contributed by atoms with E-state index >= 15 is 0 Å². The molecule has 1 aliphatic heterocycles. The summed E-state index contributed by atoms with van der Waals surface area (Å²) in [5.41, 5.74) is 2.12. The number of amides is 1. The topological polar surface area (TPSA) is 75.7 Å². The van der Waals surface area contributed by atoms with Crippen molar-refractivity contribution in [3.05, 3.63) is 95.6 Å². The van der Waals surface area contributed by atoms with Crippen molar-refractivity contribution in [3.63, 3.8) is 0 Å². The predicted octanol–water partition coefficient (Wildman–Crippen LogP) is 4.00. The van der Waals surface area contributed by atoms with Gasteiger partial charge in [-0.25, -0.2) is 8.42 Å². The quantitative estimate of drug-likeness (QED) is 0.590. The van der Waals surface area contributed by atoms with Gasteiger partial charge in [0.2, 0.25) is 10.0 Å². The monoisotopic (exact) mass is 450 g/mol. The number of sulfonamides is 1. The Morgan fingerprint density at radius 3 is 2.22 bits per heavy atom. The second kappa shape index (κ2) is 9.54. The Labute approximate surface area is 188 Å². The SMILES string of the molecule is COc1ccc([C@@H](NC(=O)c2cccc(S(=O)(=O)N3CCCC3)c2)c2ccccc2)cc1. The van der Waals surface area contributed by atoms with E-state index < -0.39 is 16.1 Å². The number of benzene rings is 3. The highest BCUT2D eigenvalue weighted by atomic mass is 32.2. The summed E-state index contributed by atoms with van der Waals surface area (Å²) < 4.78 is 32.6. The van der Waals surface area contributed by atoms with Gasteiger partial charge in [-0.05, 0) is 54.3 Å². The number of nitrogens with one attached hydrogen (secondary N) is 1. The summed E-state index contributed by atoms with van der Waals surface area (Å²) in [6.07, 6.45) is 1.72. The number of nitrogens with zero attached hydrogens (tertiary/aromatic N) is 1. The molecule has 0 unspecified atom stereocenters. The van der Waals surface area contributed by atoms with Gasteiger partial charge in [0.25, 0.3) is 5.91 Å². The van der Waals surface area contributed by atoms with Gasteiger partial charge in [-0.15, -0.1) is 0 Å². The summed E-state index contributed by atoms with van der Waals surface area (Å²) in [7, 11) is -1.99. The lowest BCUT2D eigenvalue weighted by atomic mass is 9.98. The molecule has 0 aliphatic carbocycles. The fraction of sp³-hybridized carbons (Fsp3) is 0.240. The Hall–Kier alpha value is -3.16. The third-order valence-electron chi connectivity index (χ3n) is 5.66. The van der Waals surface area contributed by atoms with Crippen molar-refractivity contribution in [2.45, 2.75) is 23.8 Å². The lowest BCUT2D eigenvalue weighted by molar-refractivity contribution is 0.0942. The van der Waals surface area contributed by atoms with Crippen LogP contribution in [-0.4, -0.2) is 38.8 Å². The molecule has 3 aromatic carbocycles. The lowest BCUT2D eigenvalue weighted by Gasteiger charge is -2.21. The number of ether oxygens (including phenoxy) is 1.